The molecule has 12 nitrogen and oxygen atoms in total. The minimum Gasteiger partial charge on any atom is -0.267 e. The highest BCUT2D eigenvalue weighted by Crippen LogP contribution is 2.29. The average molecular weight is 503 g/mol. The molecular weight excluding hydrogens is 490 g/mol. The number of hydrogen-bond donors (Lipinski definition) is 1. The number of H-pyrrole nitrogens is 1. The maximum atomic E-state index is 13.2. The highest BCUT2D eigenvalue weighted by molar-refractivity contribution is 7.99. The van der Waals surface area contributed by atoms with Gasteiger partial charge in [0.05, 0.1) is 21.7 Å². The van der Waals surface area contributed by atoms with E-state index in [1.165, 1.54) is 60.3 Å². The van der Waals surface area contributed by atoms with Crippen molar-refractivity contribution in [3.05, 3.63) is 125 Å². The minimum atomic E-state index is -1.24. The molecule has 2 amide bonds. The van der Waals surface area contributed by atoms with Crippen molar-refractivity contribution in [1.29, 1.82) is 0 Å². The molecule has 0 radical (unpaired) electrons. The van der Waals surface area contributed by atoms with Crippen molar-refractivity contribution in [3.63, 3.8) is 0 Å². The van der Waals surface area contributed by atoms with Gasteiger partial charge in [0.2, 0.25) is 0 Å². The number of aromatic amines is 1. The lowest BCUT2D eigenvalue weighted by atomic mass is 10.1. The fourth-order valence-corrected chi connectivity index (χ4v) is 4.48. The monoisotopic (exact) mass is 503 g/mol. The van der Waals surface area contributed by atoms with Gasteiger partial charge in [0, 0.05) is 21.9 Å². The summed E-state index contributed by atoms with van der Waals surface area (Å²) in [6.45, 7) is 0. The summed E-state index contributed by atoms with van der Waals surface area (Å²) in [7, 11) is 0. The summed E-state index contributed by atoms with van der Waals surface area (Å²) in [5.74, 6) is -1.74. The molecule has 0 bridgehead atoms. The van der Waals surface area contributed by atoms with Crippen molar-refractivity contribution in [2.75, 3.05) is 5.01 Å². The predicted octanol–water partition coefficient (Wildman–Crippen LogP) is 1.68. The lowest BCUT2D eigenvalue weighted by Gasteiger charge is -2.16. The van der Waals surface area contributed by atoms with Crippen LogP contribution in [0.2, 0.25) is 0 Å². The second-order valence-corrected chi connectivity index (χ2v) is 8.63. The Morgan fingerprint density at radius 2 is 1.25 bits per heavy atom. The number of nitro benzene ring substituents is 1. The van der Waals surface area contributed by atoms with Gasteiger partial charge in [-0.05, 0) is 48.5 Å². The minimum absolute atomic E-state index is 0.0270. The van der Waals surface area contributed by atoms with E-state index in [0.29, 0.717) is 19.1 Å². The average Bonchev–Trinajstić information content (AvgIpc) is 3.11. The lowest BCUT2D eigenvalue weighted by Crippen LogP contribution is -2.59. The Kier molecular flexibility index (Phi) is 5.45. The third kappa shape index (κ3) is 3.73. The number of nitro groups is 1. The van der Waals surface area contributed by atoms with Crippen LogP contribution in [0.1, 0.15) is 20.7 Å². The molecule has 0 spiro atoms. The molecule has 0 unspecified atom stereocenters. The van der Waals surface area contributed by atoms with E-state index in [0.717, 1.165) is 4.90 Å². The number of nitrogens with one attached hydrogen (secondary N) is 1. The van der Waals surface area contributed by atoms with Crippen LogP contribution in [-0.4, -0.2) is 31.0 Å². The van der Waals surface area contributed by atoms with Gasteiger partial charge in [0.15, 0.2) is 0 Å². The normalized spacial score (nSPS) is 12.6. The van der Waals surface area contributed by atoms with E-state index in [4.69, 9.17) is 0 Å². The van der Waals surface area contributed by atoms with Gasteiger partial charge in [-0.15, -0.1) is 4.68 Å². The van der Waals surface area contributed by atoms with Crippen LogP contribution >= 0.6 is 11.8 Å². The van der Waals surface area contributed by atoms with Crippen molar-refractivity contribution in [1.82, 2.24) is 14.2 Å². The molecule has 13 heteroatoms. The summed E-state index contributed by atoms with van der Waals surface area (Å²) in [6.07, 6.45) is 0. The quantitative estimate of drug-likeness (QED) is 0.245. The predicted molar refractivity (Wildman–Crippen MR) is 127 cm³/mol. The van der Waals surface area contributed by atoms with Crippen LogP contribution in [0.5, 0.6) is 0 Å². The summed E-state index contributed by atoms with van der Waals surface area (Å²) in [5.41, 5.74) is -3.39. The standard InChI is InChI=1S/C23H13N5O7S/c29-19-17-3-1-2-4-18(17)20(30)26(19)27-22(32)24-21(31)25(23(27)33)13-5-9-15(10-6-13)36-16-11-7-14(8-12-16)28(34)35/h1-12H,(H,24,31,32). The second kappa shape index (κ2) is 8.63. The Labute approximate surface area is 204 Å². The molecule has 1 aromatic heterocycles. The first kappa shape index (κ1) is 22.7. The van der Waals surface area contributed by atoms with Gasteiger partial charge < -0.3 is 0 Å². The van der Waals surface area contributed by atoms with E-state index in [9.17, 15) is 34.1 Å². The molecule has 178 valence electrons. The summed E-state index contributed by atoms with van der Waals surface area (Å²) in [4.78, 5) is 77.5. The number of aromatic nitrogens is 3. The largest absolute Gasteiger partial charge is 0.360 e. The van der Waals surface area contributed by atoms with Crippen molar-refractivity contribution in [3.8, 4) is 5.69 Å². The number of imide groups is 1. The fraction of sp³-hybridized carbons (Fsp3) is 0. The first-order valence-corrected chi connectivity index (χ1v) is 11.1. The second-order valence-electron chi connectivity index (χ2n) is 7.48. The summed E-state index contributed by atoms with van der Waals surface area (Å²) in [5, 5.41) is 11.2. The van der Waals surface area contributed by atoms with Gasteiger partial charge in [-0.3, -0.25) is 24.7 Å². The van der Waals surface area contributed by atoms with Crippen molar-refractivity contribution in [2.24, 2.45) is 0 Å². The topological polar surface area (TPSA) is 157 Å². The van der Waals surface area contributed by atoms with Gasteiger partial charge >= 0.3 is 17.1 Å². The Hall–Kier alpha value is -5.04. The Balaban J connectivity index is 1.50. The van der Waals surface area contributed by atoms with Crippen LogP contribution in [0.3, 0.4) is 0 Å². The number of fused-ring (bicyclic) bond motifs is 1. The molecule has 5 rings (SSSR count). The Morgan fingerprint density at radius 1 is 0.722 bits per heavy atom. The van der Waals surface area contributed by atoms with Gasteiger partial charge in [-0.25, -0.2) is 19.0 Å². The van der Waals surface area contributed by atoms with Gasteiger partial charge in [0.25, 0.3) is 17.5 Å². The Morgan fingerprint density at radius 3 is 1.78 bits per heavy atom. The van der Waals surface area contributed by atoms with E-state index in [1.807, 2.05) is 4.98 Å². The van der Waals surface area contributed by atoms with Crippen molar-refractivity contribution >= 4 is 29.3 Å². The molecule has 1 aliphatic heterocycles. The summed E-state index contributed by atoms with van der Waals surface area (Å²) >= 11 is 1.29. The van der Waals surface area contributed by atoms with Crippen LogP contribution in [0, 0.1) is 10.1 Å². The molecule has 1 N–H and O–H groups in total. The van der Waals surface area contributed by atoms with Gasteiger partial charge in [-0.2, -0.15) is 5.01 Å². The molecule has 0 saturated carbocycles. The SMILES string of the molecule is O=C1c2ccccc2C(=O)N1n1c(=O)[nH]c(=O)n(-c2ccc(Sc3ccc([N+](=O)[O-])cc3)cc2)c1=O. The number of nitrogens with zero attached hydrogens (tertiary/aromatic N) is 4. The number of rotatable bonds is 5. The maximum absolute atomic E-state index is 13.2. The van der Waals surface area contributed by atoms with Crippen LogP contribution < -0.4 is 22.1 Å². The van der Waals surface area contributed by atoms with Gasteiger partial charge in [0.1, 0.15) is 0 Å². The molecule has 1 aliphatic rings. The molecule has 0 saturated heterocycles. The molecular formula is C23H13N5O7S. The molecule has 0 fully saturated rings. The fourth-order valence-electron chi connectivity index (χ4n) is 3.67. The zero-order valence-electron chi connectivity index (χ0n) is 18.0. The van der Waals surface area contributed by atoms with Crippen LogP contribution in [0.25, 0.3) is 5.69 Å². The first-order valence-electron chi connectivity index (χ1n) is 10.3. The third-order valence-electron chi connectivity index (χ3n) is 5.33. The van der Waals surface area contributed by atoms with Crippen LogP contribution in [-0.2, 0) is 0 Å². The highest BCUT2D eigenvalue weighted by atomic mass is 32.2. The van der Waals surface area contributed by atoms with Crippen molar-refractivity contribution < 1.29 is 14.5 Å². The van der Waals surface area contributed by atoms with Crippen molar-refractivity contribution in [2.45, 2.75) is 9.79 Å². The molecule has 0 atom stereocenters. The van der Waals surface area contributed by atoms with E-state index >= 15 is 0 Å². The molecule has 0 aliphatic carbocycles. The number of amides is 2. The summed E-state index contributed by atoms with van der Waals surface area (Å²) < 4.78 is 0.927. The van der Waals surface area contributed by atoms with E-state index in [1.54, 1.807) is 24.3 Å². The molecule has 36 heavy (non-hydrogen) atoms. The number of carbonyl (C=O) groups is 2. The number of hydrogen-bond acceptors (Lipinski definition) is 8. The smallest absolute Gasteiger partial charge is 0.267 e. The zero-order valence-corrected chi connectivity index (χ0v) is 18.8. The Bertz CT molecular complexity index is 1700. The zero-order chi connectivity index (χ0) is 25.6. The van der Waals surface area contributed by atoms with Crippen LogP contribution in [0.15, 0.2) is 97.0 Å². The molecule has 3 aromatic carbocycles. The van der Waals surface area contributed by atoms with Crippen LogP contribution in [0.4, 0.5) is 5.69 Å². The van der Waals surface area contributed by atoms with E-state index < -0.39 is 33.8 Å². The van der Waals surface area contributed by atoms with E-state index in [-0.39, 0.29) is 22.5 Å². The summed E-state index contributed by atoms with van der Waals surface area (Å²) in [6, 6.07) is 17.9. The number of carbonyl (C=O) groups excluding carboxylic acids is 2. The van der Waals surface area contributed by atoms with Gasteiger partial charge in [-0.1, -0.05) is 23.9 Å². The maximum Gasteiger partial charge on any atom is 0.360 e. The number of non-ortho nitro benzene ring substituents is 1. The highest BCUT2D eigenvalue weighted by Gasteiger charge is 2.39. The number of benzene rings is 3. The van der Waals surface area contributed by atoms with E-state index in [2.05, 4.69) is 0 Å². The molecule has 4 aromatic rings. The first-order chi connectivity index (χ1) is 17.3. The molecule has 2 heterocycles. The third-order valence-corrected chi connectivity index (χ3v) is 6.35. The lowest BCUT2D eigenvalue weighted by molar-refractivity contribution is -0.384.